The molecule has 156 valence electrons. The molecule has 10 heteroatoms. The maximum atomic E-state index is 13.0. The van der Waals surface area contributed by atoms with Crippen LogP contribution in [-0.4, -0.2) is 29.6 Å². The number of thiazole rings is 1. The van der Waals surface area contributed by atoms with Gasteiger partial charge in [0.15, 0.2) is 16.5 Å². The summed E-state index contributed by atoms with van der Waals surface area (Å²) < 4.78 is 11.1. The fourth-order valence-electron chi connectivity index (χ4n) is 3.39. The van der Waals surface area contributed by atoms with E-state index >= 15 is 0 Å². The maximum absolute atomic E-state index is 13.0. The molecule has 1 aliphatic rings. The number of H-pyrrole nitrogens is 1. The van der Waals surface area contributed by atoms with Crippen LogP contribution in [0, 0.1) is 11.3 Å². The summed E-state index contributed by atoms with van der Waals surface area (Å²) in [6, 6.07) is 8.50. The van der Waals surface area contributed by atoms with Crippen LogP contribution in [0.1, 0.15) is 27.4 Å². The van der Waals surface area contributed by atoms with E-state index in [0.717, 1.165) is 0 Å². The summed E-state index contributed by atoms with van der Waals surface area (Å²) in [5.74, 6) is -1.07. The van der Waals surface area contributed by atoms with Crippen molar-refractivity contribution < 1.29 is 14.3 Å². The third kappa shape index (κ3) is 3.41. The molecule has 0 aliphatic carbocycles. The number of ether oxygens (including phenoxy) is 2. The van der Waals surface area contributed by atoms with Crippen molar-refractivity contribution in [1.29, 1.82) is 5.26 Å². The van der Waals surface area contributed by atoms with Crippen LogP contribution in [0.25, 0.3) is 10.3 Å². The molecule has 4 rings (SSSR count). The second-order valence-electron chi connectivity index (χ2n) is 6.60. The maximum Gasteiger partial charge on any atom is 0.337 e. The van der Waals surface area contributed by atoms with Crippen LogP contribution in [0.4, 0.5) is 5.13 Å². The number of anilines is 1. The number of nitriles is 1. The Labute approximate surface area is 180 Å². The van der Waals surface area contributed by atoms with Crippen LogP contribution in [0.5, 0.6) is 5.75 Å². The molecule has 1 aromatic carbocycles. The highest BCUT2D eigenvalue weighted by atomic mass is 32.1. The van der Waals surface area contributed by atoms with E-state index < -0.39 is 17.4 Å². The molecule has 3 aromatic rings. The molecular weight excluding hydrogens is 418 g/mol. The number of carbonyl (C=O) groups is 1. The van der Waals surface area contributed by atoms with Crippen LogP contribution in [0.3, 0.4) is 0 Å². The summed E-state index contributed by atoms with van der Waals surface area (Å²) >= 11 is 1.29. The Kier molecular flexibility index (Phi) is 5.19. The van der Waals surface area contributed by atoms with E-state index in [1.54, 1.807) is 30.3 Å². The van der Waals surface area contributed by atoms with Gasteiger partial charge in [0, 0.05) is 6.54 Å². The van der Waals surface area contributed by atoms with Crippen molar-refractivity contribution in [2.45, 2.75) is 5.92 Å². The predicted octanol–water partition coefficient (Wildman–Crippen LogP) is 2.59. The van der Waals surface area contributed by atoms with E-state index in [-0.39, 0.29) is 22.8 Å². The molecule has 0 saturated heterocycles. The number of aromatic amines is 1. The molecule has 9 nitrogen and oxygen atoms in total. The molecule has 0 spiro atoms. The summed E-state index contributed by atoms with van der Waals surface area (Å²) in [4.78, 5) is 31.9. The van der Waals surface area contributed by atoms with Crippen molar-refractivity contribution in [3.63, 3.8) is 0 Å². The molecule has 0 saturated carbocycles. The largest absolute Gasteiger partial charge is 0.465 e. The number of allylic oxidation sites excluding steroid dienone is 1. The lowest BCUT2D eigenvalue weighted by molar-refractivity contribution is 0.0600. The smallest absolute Gasteiger partial charge is 0.337 e. The molecule has 2 aromatic heterocycles. The van der Waals surface area contributed by atoms with Gasteiger partial charge in [0.05, 0.1) is 24.2 Å². The van der Waals surface area contributed by atoms with Gasteiger partial charge in [0.25, 0.3) is 5.56 Å². The van der Waals surface area contributed by atoms with Crippen molar-refractivity contribution in [1.82, 2.24) is 9.97 Å². The van der Waals surface area contributed by atoms with Crippen molar-refractivity contribution in [2.75, 3.05) is 19.0 Å². The number of hydrogen-bond donors (Lipinski definition) is 3. The Morgan fingerprint density at radius 3 is 2.87 bits per heavy atom. The number of fused-ring (bicyclic) bond motifs is 3. The second-order valence-corrected chi connectivity index (χ2v) is 7.60. The van der Waals surface area contributed by atoms with Crippen LogP contribution >= 0.6 is 11.3 Å². The number of nitrogens with one attached hydrogen (secondary N) is 2. The summed E-state index contributed by atoms with van der Waals surface area (Å²) in [6.45, 7) is 4.16. The third-order valence-corrected chi connectivity index (χ3v) is 5.80. The normalized spacial score (nSPS) is 15.0. The van der Waals surface area contributed by atoms with Crippen LogP contribution in [0.2, 0.25) is 0 Å². The molecule has 0 bridgehead atoms. The van der Waals surface area contributed by atoms with Crippen LogP contribution in [0.15, 0.2) is 53.2 Å². The molecule has 4 N–H and O–H groups in total. The lowest BCUT2D eigenvalue weighted by Gasteiger charge is -2.25. The first-order valence-electron chi connectivity index (χ1n) is 9.15. The first-order chi connectivity index (χ1) is 15.0. The first kappa shape index (κ1) is 20.2. The number of nitrogens with zero attached hydrogens (tertiary/aromatic N) is 2. The summed E-state index contributed by atoms with van der Waals surface area (Å²) in [5, 5.41) is 13.4. The van der Waals surface area contributed by atoms with Gasteiger partial charge in [-0.1, -0.05) is 29.5 Å². The Morgan fingerprint density at radius 1 is 1.48 bits per heavy atom. The Bertz CT molecular complexity index is 1330. The fraction of sp³-hybridized carbons (Fsp3) is 0.143. The van der Waals surface area contributed by atoms with E-state index in [4.69, 9.17) is 15.2 Å². The van der Waals surface area contributed by atoms with Gasteiger partial charge in [-0.3, -0.25) is 4.79 Å². The Hall–Kier alpha value is -4.10. The zero-order valence-electron chi connectivity index (χ0n) is 16.4. The number of rotatable bonds is 5. The standard InChI is InChI=1S/C21H17N5O4S/c1-3-8-24-21-26-18-16(31-21)15-14(19(27)25-18)13(12(9-22)17(23)30-15)10-4-6-11(7-5-10)20(28)29-2/h3-7,13H,1,8,23H2,2H3,(H2,24,25,26,27)/t13-/m1/s1. The summed E-state index contributed by atoms with van der Waals surface area (Å²) in [5.41, 5.74) is 7.29. The van der Waals surface area contributed by atoms with Gasteiger partial charge in [0.1, 0.15) is 16.3 Å². The van der Waals surface area contributed by atoms with Crippen molar-refractivity contribution >= 4 is 32.8 Å². The van der Waals surface area contributed by atoms with Crippen LogP contribution < -0.4 is 21.3 Å². The zero-order chi connectivity index (χ0) is 22.1. The number of nitrogens with two attached hydrogens (primary N) is 1. The highest BCUT2D eigenvalue weighted by Gasteiger charge is 2.35. The van der Waals surface area contributed by atoms with E-state index in [2.05, 4.69) is 21.9 Å². The Morgan fingerprint density at radius 2 is 2.23 bits per heavy atom. The van der Waals surface area contributed by atoms with E-state index in [9.17, 15) is 14.9 Å². The fourth-order valence-corrected chi connectivity index (χ4v) is 4.32. The number of aromatic nitrogens is 2. The molecule has 0 fully saturated rings. The van der Waals surface area contributed by atoms with Gasteiger partial charge >= 0.3 is 5.97 Å². The SMILES string of the molecule is C=CCNc1nc2[nH]c(=O)c3c(c2s1)OC(N)=C(C#N)[C@H]3c1ccc(C(=O)OC)cc1. The highest BCUT2D eigenvalue weighted by molar-refractivity contribution is 7.22. The average molecular weight is 435 g/mol. The van der Waals surface area contributed by atoms with Gasteiger partial charge in [0.2, 0.25) is 5.88 Å². The molecule has 3 heterocycles. The van der Waals surface area contributed by atoms with E-state index in [1.807, 2.05) is 6.07 Å². The van der Waals surface area contributed by atoms with Gasteiger partial charge < -0.3 is 25.5 Å². The Balaban J connectivity index is 1.90. The lowest BCUT2D eigenvalue weighted by Crippen LogP contribution is -2.27. The molecule has 1 aliphatic heterocycles. The molecule has 0 unspecified atom stereocenters. The molecule has 1 atom stereocenters. The van der Waals surface area contributed by atoms with Gasteiger partial charge in [-0.05, 0) is 17.7 Å². The number of carbonyl (C=O) groups excluding carboxylic acids is 1. The minimum Gasteiger partial charge on any atom is -0.465 e. The highest BCUT2D eigenvalue weighted by Crippen LogP contribution is 2.45. The number of esters is 1. The number of benzene rings is 1. The second kappa shape index (κ2) is 7.97. The quantitative estimate of drug-likeness (QED) is 0.410. The molecule has 31 heavy (non-hydrogen) atoms. The average Bonchev–Trinajstić information content (AvgIpc) is 3.19. The minimum absolute atomic E-state index is 0.0852. The monoisotopic (exact) mass is 435 g/mol. The molecular formula is C21H17N5O4S. The van der Waals surface area contributed by atoms with E-state index in [1.165, 1.54) is 18.4 Å². The van der Waals surface area contributed by atoms with Crippen LogP contribution in [-0.2, 0) is 4.74 Å². The van der Waals surface area contributed by atoms with Gasteiger partial charge in [-0.15, -0.1) is 6.58 Å². The number of pyridine rings is 1. The minimum atomic E-state index is -0.764. The van der Waals surface area contributed by atoms with Gasteiger partial charge in [-0.25, -0.2) is 9.78 Å². The van der Waals surface area contributed by atoms with Crippen molar-refractivity contribution in [2.24, 2.45) is 5.73 Å². The molecule has 0 amide bonds. The number of methoxy groups -OCH3 is 1. The van der Waals surface area contributed by atoms with Crippen molar-refractivity contribution in [3.8, 4) is 11.8 Å². The zero-order valence-corrected chi connectivity index (χ0v) is 17.2. The van der Waals surface area contributed by atoms with Gasteiger partial charge in [-0.2, -0.15) is 5.26 Å². The number of hydrogen-bond acceptors (Lipinski definition) is 9. The molecule has 0 radical (unpaired) electrons. The summed E-state index contributed by atoms with van der Waals surface area (Å²) in [7, 11) is 1.29. The lowest BCUT2D eigenvalue weighted by atomic mass is 9.84. The topological polar surface area (TPSA) is 143 Å². The summed E-state index contributed by atoms with van der Waals surface area (Å²) in [6.07, 6.45) is 1.69. The van der Waals surface area contributed by atoms with E-state index in [0.29, 0.717) is 33.2 Å². The predicted molar refractivity (Wildman–Crippen MR) is 116 cm³/mol. The first-order valence-corrected chi connectivity index (χ1v) is 9.97. The third-order valence-electron chi connectivity index (χ3n) is 4.79. The van der Waals surface area contributed by atoms with Crippen molar-refractivity contribution in [3.05, 3.63) is 75.4 Å².